The van der Waals surface area contributed by atoms with Crippen LogP contribution < -0.4 is 11.1 Å². The highest BCUT2D eigenvalue weighted by Crippen LogP contribution is 2.28. The lowest BCUT2D eigenvalue weighted by molar-refractivity contribution is -0.120. The third-order valence-electron chi connectivity index (χ3n) is 3.43. The molecular formula is C13H26N2OS. The maximum absolute atomic E-state index is 11.8. The van der Waals surface area contributed by atoms with Gasteiger partial charge in [-0.15, -0.1) is 0 Å². The van der Waals surface area contributed by atoms with Gasteiger partial charge in [-0.3, -0.25) is 4.79 Å². The minimum absolute atomic E-state index is 0.0876. The Morgan fingerprint density at radius 1 is 1.41 bits per heavy atom. The molecule has 1 saturated carbocycles. The molecule has 0 aromatic carbocycles. The van der Waals surface area contributed by atoms with E-state index in [4.69, 9.17) is 5.73 Å². The van der Waals surface area contributed by atoms with Crippen LogP contribution in [-0.4, -0.2) is 29.5 Å². The topological polar surface area (TPSA) is 55.1 Å². The van der Waals surface area contributed by atoms with Crippen LogP contribution in [0.1, 0.15) is 46.0 Å². The average molecular weight is 258 g/mol. The standard InChI is InChI=1S/C13H26N2OS/c1-11(2)5-8-17-9-12(16)15-13(10-14)6-3-4-7-13/h11H,3-10,14H2,1-2H3,(H,15,16). The van der Waals surface area contributed by atoms with Crippen molar-refractivity contribution in [2.75, 3.05) is 18.1 Å². The van der Waals surface area contributed by atoms with Crippen LogP contribution in [0.4, 0.5) is 0 Å². The van der Waals surface area contributed by atoms with E-state index in [9.17, 15) is 4.79 Å². The summed E-state index contributed by atoms with van der Waals surface area (Å²) in [4.78, 5) is 11.8. The zero-order chi connectivity index (χ0) is 12.7. The predicted octanol–water partition coefficient (Wildman–Crippen LogP) is 2.15. The summed E-state index contributed by atoms with van der Waals surface area (Å²) in [5.41, 5.74) is 5.70. The van der Waals surface area contributed by atoms with Crippen LogP contribution in [0.5, 0.6) is 0 Å². The van der Waals surface area contributed by atoms with Crippen LogP contribution in [-0.2, 0) is 4.79 Å². The van der Waals surface area contributed by atoms with Gasteiger partial charge in [0.05, 0.1) is 11.3 Å². The molecule has 0 aromatic heterocycles. The molecule has 0 radical (unpaired) electrons. The van der Waals surface area contributed by atoms with Crippen LogP contribution in [0.15, 0.2) is 0 Å². The number of hydrogen-bond donors (Lipinski definition) is 2. The summed E-state index contributed by atoms with van der Waals surface area (Å²) in [7, 11) is 0. The SMILES string of the molecule is CC(C)CCSCC(=O)NC1(CN)CCCC1. The number of rotatable bonds is 7. The van der Waals surface area contributed by atoms with E-state index >= 15 is 0 Å². The van der Waals surface area contributed by atoms with Gasteiger partial charge in [-0.1, -0.05) is 26.7 Å². The van der Waals surface area contributed by atoms with E-state index in [0.29, 0.717) is 12.3 Å². The second-order valence-corrected chi connectivity index (χ2v) is 6.58. The first-order valence-electron chi connectivity index (χ1n) is 6.67. The van der Waals surface area contributed by atoms with E-state index in [-0.39, 0.29) is 11.4 Å². The van der Waals surface area contributed by atoms with Crippen molar-refractivity contribution in [3.63, 3.8) is 0 Å². The summed E-state index contributed by atoms with van der Waals surface area (Å²) in [6.07, 6.45) is 5.66. The molecule has 4 heteroatoms. The van der Waals surface area contributed by atoms with Gasteiger partial charge in [-0.05, 0) is 30.9 Å². The number of carbonyl (C=O) groups excluding carboxylic acids is 1. The fraction of sp³-hybridized carbons (Fsp3) is 0.923. The Balaban J connectivity index is 2.19. The molecule has 0 saturated heterocycles. The molecular weight excluding hydrogens is 232 g/mol. The van der Waals surface area contributed by atoms with E-state index in [1.54, 1.807) is 11.8 Å². The Kier molecular flexibility index (Phi) is 6.34. The minimum Gasteiger partial charge on any atom is -0.349 e. The smallest absolute Gasteiger partial charge is 0.230 e. The van der Waals surface area contributed by atoms with E-state index < -0.39 is 0 Å². The lowest BCUT2D eigenvalue weighted by Gasteiger charge is -2.28. The van der Waals surface area contributed by atoms with Gasteiger partial charge >= 0.3 is 0 Å². The number of thioether (sulfide) groups is 1. The van der Waals surface area contributed by atoms with Gasteiger partial charge in [-0.2, -0.15) is 11.8 Å². The molecule has 17 heavy (non-hydrogen) atoms. The molecule has 0 unspecified atom stereocenters. The Morgan fingerprint density at radius 2 is 2.06 bits per heavy atom. The van der Waals surface area contributed by atoms with Crippen molar-refractivity contribution in [1.82, 2.24) is 5.32 Å². The Morgan fingerprint density at radius 3 is 2.59 bits per heavy atom. The Labute approximate surface area is 109 Å². The maximum atomic E-state index is 11.8. The van der Waals surface area contributed by atoms with Crippen LogP contribution in [0.25, 0.3) is 0 Å². The van der Waals surface area contributed by atoms with Crippen LogP contribution >= 0.6 is 11.8 Å². The summed E-state index contributed by atoms with van der Waals surface area (Å²) in [5, 5.41) is 3.15. The largest absolute Gasteiger partial charge is 0.349 e. The summed E-state index contributed by atoms with van der Waals surface area (Å²) in [6.45, 7) is 5.00. The third kappa shape index (κ3) is 5.30. The molecule has 0 bridgehead atoms. The Hall–Kier alpha value is -0.220. The number of carbonyl (C=O) groups is 1. The number of amides is 1. The lowest BCUT2D eigenvalue weighted by Crippen LogP contribution is -2.52. The fourth-order valence-corrected chi connectivity index (χ4v) is 3.29. The van der Waals surface area contributed by atoms with Crippen molar-refractivity contribution in [2.45, 2.75) is 51.5 Å². The molecule has 1 aliphatic carbocycles. The normalized spacial score (nSPS) is 18.6. The third-order valence-corrected chi connectivity index (χ3v) is 4.42. The number of nitrogens with one attached hydrogen (secondary N) is 1. The van der Waals surface area contributed by atoms with Crippen molar-refractivity contribution in [2.24, 2.45) is 11.7 Å². The first kappa shape index (κ1) is 14.8. The van der Waals surface area contributed by atoms with Crippen LogP contribution in [0.2, 0.25) is 0 Å². The molecule has 0 spiro atoms. The molecule has 1 amide bonds. The van der Waals surface area contributed by atoms with Gasteiger partial charge in [0.1, 0.15) is 0 Å². The van der Waals surface area contributed by atoms with Crippen LogP contribution in [0.3, 0.4) is 0 Å². The van der Waals surface area contributed by atoms with Gasteiger partial charge in [0.25, 0.3) is 0 Å². The molecule has 1 fully saturated rings. The molecule has 3 N–H and O–H groups in total. The van der Waals surface area contributed by atoms with Crippen molar-refractivity contribution in [3.05, 3.63) is 0 Å². The van der Waals surface area contributed by atoms with Crippen LogP contribution in [0, 0.1) is 5.92 Å². The summed E-state index contributed by atoms with van der Waals surface area (Å²) in [6, 6.07) is 0. The molecule has 3 nitrogen and oxygen atoms in total. The van der Waals surface area contributed by atoms with Gasteiger partial charge in [0.2, 0.25) is 5.91 Å². The quantitative estimate of drug-likeness (QED) is 0.688. The van der Waals surface area contributed by atoms with Crippen molar-refractivity contribution < 1.29 is 4.79 Å². The zero-order valence-electron chi connectivity index (χ0n) is 11.1. The molecule has 0 heterocycles. The van der Waals surface area contributed by atoms with Crippen molar-refractivity contribution in [1.29, 1.82) is 0 Å². The first-order chi connectivity index (χ1) is 8.08. The first-order valence-corrected chi connectivity index (χ1v) is 7.82. The number of hydrogen-bond acceptors (Lipinski definition) is 3. The molecule has 1 aliphatic rings. The molecule has 0 aromatic rings. The second-order valence-electron chi connectivity index (χ2n) is 5.47. The van der Waals surface area contributed by atoms with Gasteiger partial charge < -0.3 is 11.1 Å². The molecule has 100 valence electrons. The maximum Gasteiger partial charge on any atom is 0.230 e. The molecule has 0 atom stereocenters. The van der Waals surface area contributed by atoms with Crippen molar-refractivity contribution in [3.8, 4) is 0 Å². The van der Waals surface area contributed by atoms with Crippen molar-refractivity contribution >= 4 is 17.7 Å². The van der Waals surface area contributed by atoms with Gasteiger partial charge in [0, 0.05) is 6.54 Å². The zero-order valence-corrected chi connectivity index (χ0v) is 11.9. The van der Waals surface area contributed by atoms with Gasteiger partial charge in [-0.25, -0.2) is 0 Å². The minimum atomic E-state index is -0.0876. The van der Waals surface area contributed by atoms with E-state index in [1.165, 1.54) is 19.3 Å². The summed E-state index contributed by atoms with van der Waals surface area (Å²) in [5.74, 6) is 2.52. The van der Waals surface area contributed by atoms with Gasteiger partial charge in [0.15, 0.2) is 0 Å². The molecule has 0 aliphatic heterocycles. The highest BCUT2D eigenvalue weighted by atomic mass is 32.2. The number of nitrogens with two attached hydrogens (primary N) is 1. The monoisotopic (exact) mass is 258 g/mol. The average Bonchev–Trinajstić information content (AvgIpc) is 2.73. The Bertz CT molecular complexity index is 238. The fourth-order valence-electron chi connectivity index (χ4n) is 2.25. The highest BCUT2D eigenvalue weighted by Gasteiger charge is 2.33. The highest BCUT2D eigenvalue weighted by molar-refractivity contribution is 7.99. The van der Waals surface area contributed by atoms with E-state index in [2.05, 4.69) is 19.2 Å². The van der Waals surface area contributed by atoms with E-state index in [0.717, 1.165) is 24.5 Å². The van der Waals surface area contributed by atoms with E-state index in [1.807, 2.05) is 0 Å². The molecule has 1 rings (SSSR count). The summed E-state index contributed by atoms with van der Waals surface area (Å²) >= 11 is 1.73. The summed E-state index contributed by atoms with van der Waals surface area (Å²) < 4.78 is 0. The predicted molar refractivity (Wildman–Crippen MR) is 75.2 cm³/mol. The second kappa shape index (κ2) is 7.27. The lowest BCUT2D eigenvalue weighted by atomic mass is 9.98.